The van der Waals surface area contributed by atoms with Crippen molar-refractivity contribution in [1.82, 2.24) is 5.32 Å². The Morgan fingerprint density at radius 2 is 1.85 bits per heavy atom. The molecule has 1 saturated heterocycles. The number of esters is 1. The fourth-order valence-electron chi connectivity index (χ4n) is 3.60. The monoisotopic (exact) mass is 455 g/mol. The van der Waals surface area contributed by atoms with Gasteiger partial charge in [-0.2, -0.15) is 0 Å². The highest BCUT2D eigenvalue weighted by atomic mass is 19.1. The SMILES string of the molecule is CCC(C)c1ccccc1N1CC(C(=O)OCC(=O)NC(=O)Nc2ccccc2F)CC1=O. The van der Waals surface area contributed by atoms with Crippen molar-refractivity contribution >= 4 is 35.2 Å². The fraction of sp³-hybridized carbons (Fsp3) is 0.333. The van der Waals surface area contributed by atoms with Crippen molar-refractivity contribution in [3.8, 4) is 0 Å². The predicted octanol–water partition coefficient (Wildman–Crippen LogP) is 3.58. The summed E-state index contributed by atoms with van der Waals surface area (Å²) in [6.07, 6.45) is 0.882. The zero-order valence-corrected chi connectivity index (χ0v) is 18.5. The molecule has 1 fully saturated rings. The number of ether oxygens (including phenoxy) is 1. The molecular formula is C24H26FN3O5. The third-order valence-electron chi connectivity index (χ3n) is 5.55. The second-order valence-corrected chi connectivity index (χ2v) is 7.86. The third kappa shape index (κ3) is 5.94. The number of anilines is 2. The minimum Gasteiger partial charge on any atom is -0.455 e. The molecule has 0 aliphatic carbocycles. The maximum Gasteiger partial charge on any atom is 0.326 e. The van der Waals surface area contributed by atoms with Gasteiger partial charge in [-0.05, 0) is 36.1 Å². The Morgan fingerprint density at radius 3 is 2.58 bits per heavy atom. The van der Waals surface area contributed by atoms with Gasteiger partial charge < -0.3 is 15.0 Å². The maximum atomic E-state index is 13.6. The highest BCUT2D eigenvalue weighted by molar-refractivity contribution is 6.03. The van der Waals surface area contributed by atoms with Crippen LogP contribution in [0, 0.1) is 11.7 Å². The molecule has 1 aliphatic heterocycles. The molecule has 2 unspecified atom stereocenters. The van der Waals surface area contributed by atoms with Crippen LogP contribution in [-0.2, 0) is 19.1 Å². The lowest BCUT2D eigenvalue weighted by atomic mass is 9.96. The zero-order valence-electron chi connectivity index (χ0n) is 18.5. The largest absolute Gasteiger partial charge is 0.455 e. The summed E-state index contributed by atoms with van der Waals surface area (Å²) in [5, 5.41) is 4.16. The van der Waals surface area contributed by atoms with Gasteiger partial charge in [-0.1, -0.05) is 44.2 Å². The van der Waals surface area contributed by atoms with Crippen LogP contribution in [0.2, 0.25) is 0 Å². The van der Waals surface area contributed by atoms with E-state index in [1.807, 2.05) is 29.6 Å². The summed E-state index contributed by atoms with van der Waals surface area (Å²) < 4.78 is 18.6. The number of amides is 4. The number of imide groups is 1. The molecule has 0 saturated carbocycles. The highest BCUT2D eigenvalue weighted by Gasteiger charge is 2.37. The molecule has 1 heterocycles. The quantitative estimate of drug-likeness (QED) is 0.621. The number of rotatable bonds is 7. The van der Waals surface area contributed by atoms with Gasteiger partial charge in [0.15, 0.2) is 6.61 Å². The molecule has 33 heavy (non-hydrogen) atoms. The Hall–Kier alpha value is -3.75. The van der Waals surface area contributed by atoms with E-state index in [2.05, 4.69) is 19.2 Å². The average molecular weight is 455 g/mol. The van der Waals surface area contributed by atoms with Gasteiger partial charge in [0.1, 0.15) is 5.82 Å². The highest BCUT2D eigenvalue weighted by Crippen LogP contribution is 2.33. The summed E-state index contributed by atoms with van der Waals surface area (Å²) in [5.41, 5.74) is 1.71. The van der Waals surface area contributed by atoms with Gasteiger partial charge in [0.25, 0.3) is 5.91 Å². The molecule has 0 bridgehead atoms. The molecule has 2 aromatic rings. The minimum absolute atomic E-state index is 0.0247. The van der Waals surface area contributed by atoms with Crippen LogP contribution in [0.3, 0.4) is 0 Å². The molecule has 2 N–H and O–H groups in total. The Bertz CT molecular complexity index is 1060. The van der Waals surface area contributed by atoms with E-state index >= 15 is 0 Å². The molecule has 2 atom stereocenters. The number of halogens is 1. The lowest BCUT2D eigenvalue weighted by molar-refractivity contribution is -0.152. The lowest BCUT2D eigenvalue weighted by Gasteiger charge is -2.23. The molecular weight excluding hydrogens is 429 g/mol. The molecule has 9 heteroatoms. The van der Waals surface area contributed by atoms with Gasteiger partial charge in [0.2, 0.25) is 5.91 Å². The van der Waals surface area contributed by atoms with Crippen LogP contribution in [0.1, 0.15) is 38.2 Å². The van der Waals surface area contributed by atoms with Crippen molar-refractivity contribution in [2.75, 3.05) is 23.4 Å². The maximum absolute atomic E-state index is 13.6. The Labute approximate surface area is 191 Å². The van der Waals surface area contributed by atoms with E-state index in [-0.39, 0.29) is 30.5 Å². The van der Waals surface area contributed by atoms with Crippen LogP contribution < -0.4 is 15.5 Å². The van der Waals surface area contributed by atoms with Gasteiger partial charge in [0.05, 0.1) is 11.6 Å². The lowest BCUT2D eigenvalue weighted by Crippen LogP contribution is -2.38. The van der Waals surface area contributed by atoms with E-state index in [1.165, 1.54) is 18.2 Å². The van der Waals surface area contributed by atoms with Gasteiger partial charge in [-0.25, -0.2) is 9.18 Å². The Morgan fingerprint density at radius 1 is 1.15 bits per heavy atom. The summed E-state index contributed by atoms with van der Waals surface area (Å²) in [4.78, 5) is 50.4. The Balaban J connectivity index is 1.52. The van der Waals surface area contributed by atoms with Crippen molar-refractivity contribution in [1.29, 1.82) is 0 Å². The molecule has 8 nitrogen and oxygen atoms in total. The second-order valence-electron chi connectivity index (χ2n) is 7.86. The van der Waals surface area contributed by atoms with E-state index in [0.717, 1.165) is 23.7 Å². The number of hydrogen-bond acceptors (Lipinski definition) is 5. The van der Waals surface area contributed by atoms with Crippen molar-refractivity contribution in [3.63, 3.8) is 0 Å². The number of nitrogens with one attached hydrogen (secondary N) is 2. The first kappa shape index (κ1) is 23.9. The smallest absolute Gasteiger partial charge is 0.326 e. The van der Waals surface area contributed by atoms with E-state index in [4.69, 9.17) is 4.74 Å². The van der Waals surface area contributed by atoms with Gasteiger partial charge in [-0.3, -0.25) is 19.7 Å². The van der Waals surface area contributed by atoms with E-state index in [1.54, 1.807) is 4.90 Å². The third-order valence-corrected chi connectivity index (χ3v) is 5.55. The topological polar surface area (TPSA) is 105 Å². The standard InChI is InChI=1S/C24H26FN3O5/c1-3-15(2)17-8-4-7-11-20(17)28-13-16(12-22(28)30)23(31)33-14-21(29)27-24(32)26-19-10-6-5-9-18(19)25/h4-11,15-16H,3,12-14H2,1-2H3,(H2,26,27,29,32). The molecule has 4 amide bonds. The fourth-order valence-corrected chi connectivity index (χ4v) is 3.60. The predicted molar refractivity (Wildman–Crippen MR) is 120 cm³/mol. The molecule has 0 radical (unpaired) electrons. The van der Waals surface area contributed by atoms with Crippen molar-refractivity contribution in [2.24, 2.45) is 5.92 Å². The van der Waals surface area contributed by atoms with Crippen LogP contribution >= 0.6 is 0 Å². The molecule has 3 rings (SSSR count). The summed E-state index contributed by atoms with van der Waals surface area (Å²) in [7, 11) is 0. The molecule has 2 aromatic carbocycles. The number of urea groups is 1. The molecule has 0 spiro atoms. The number of hydrogen-bond donors (Lipinski definition) is 2. The van der Waals surface area contributed by atoms with Crippen molar-refractivity contribution < 1.29 is 28.3 Å². The molecule has 0 aromatic heterocycles. The first-order chi connectivity index (χ1) is 15.8. The second kappa shape index (κ2) is 10.7. The Kier molecular flexibility index (Phi) is 7.76. The summed E-state index contributed by atoms with van der Waals surface area (Å²) in [6, 6.07) is 12.1. The van der Waals surface area contributed by atoms with Crippen LogP contribution in [0.15, 0.2) is 48.5 Å². The summed E-state index contributed by atoms with van der Waals surface area (Å²) in [5.74, 6) is -2.89. The normalized spacial score (nSPS) is 16.3. The minimum atomic E-state index is -0.954. The zero-order chi connectivity index (χ0) is 24.0. The first-order valence-electron chi connectivity index (χ1n) is 10.7. The number of benzene rings is 2. The number of nitrogens with zero attached hydrogens (tertiary/aromatic N) is 1. The van der Waals surface area contributed by atoms with E-state index in [0.29, 0.717) is 0 Å². The molecule has 1 aliphatic rings. The first-order valence-corrected chi connectivity index (χ1v) is 10.7. The summed E-state index contributed by atoms with van der Waals surface area (Å²) >= 11 is 0. The van der Waals surface area contributed by atoms with Crippen molar-refractivity contribution in [2.45, 2.75) is 32.6 Å². The average Bonchev–Trinajstić information content (AvgIpc) is 3.20. The van der Waals surface area contributed by atoms with Gasteiger partial charge in [-0.15, -0.1) is 0 Å². The van der Waals surface area contributed by atoms with Crippen LogP contribution in [0.5, 0.6) is 0 Å². The van der Waals surface area contributed by atoms with Gasteiger partial charge >= 0.3 is 12.0 Å². The number of carbonyl (C=O) groups is 4. The number of carbonyl (C=O) groups excluding carboxylic acids is 4. The molecule has 174 valence electrons. The van der Waals surface area contributed by atoms with Crippen LogP contribution in [0.4, 0.5) is 20.6 Å². The van der Waals surface area contributed by atoms with Crippen LogP contribution in [0.25, 0.3) is 0 Å². The number of para-hydroxylation sites is 2. The van der Waals surface area contributed by atoms with Crippen LogP contribution in [-0.4, -0.2) is 37.0 Å². The van der Waals surface area contributed by atoms with Gasteiger partial charge in [0, 0.05) is 18.7 Å². The summed E-state index contributed by atoms with van der Waals surface area (Å²) in [6.45, 7) is 3.60. The van der Waals surface area contributed by atoms with Crippen molar-refractivity contribution in [3.05, 3.63) is 59.9 Å². The van der Waals surface area contributed by atoms with E-state index in [9.17, 15) is 23.6 Å². The van der Waals surface area contributed by atoms with E-state index < -0.39 is 36.2 Å².